The molecule has 0 spiro atoms. The largest absolute Gasteiger partial charge is 0.385 e. The number of carbonyl (C=O) groups excluding carboxylic acids is 1. The summed E-state index contributed by atoms with van der Waals surface area (Å²) < 4.78 is 26.3. The molecule has 2 aromatic carbocycles. The van der Waals surface area contributed by atoms with Gasteiger partial charge in [-0.25, -0.2) is 13.2 Å². The lowest BCUT2D eigenvalue weighted by molar-refractivity contribution is 0.250. The molecule has 7 nitrogen and oxygen atoms in total. The molecule has 0 heterocycles. The fourth-order valence-electron chi connectivity index (χ4n) is 2.20. The van der Waals surface area contributed by atoms with E-state index in [1.807, 2.05) is 0 Å². The van der Waals surface area contributed by atoms with Gasteiger partial charge in [0.15, 0.2) is 0 Å². The number of hydrogen-bond donors (Lipinski definition) is 3. The molecule has 0 fully saturated rings. The number of hydrogen-bond acceptors (Lipinski definition) is 3. The van der Waals surface area contributed by atoms with Crippen molar-refractivity contribution in [3.8, 4) is 0 Å². The van der Waals surface area contributed by atoms with Crippen molar-refractivity contribution >= 4 is 50.8 Å². The highest BCUT2D eigenvalue weighted by Gasteiger charge is 2.19. The number of sulfonamides is 1. The molecule has 0 aliphatic rings. The van der Waals surface area contributed by atoms with E-state index in [1.54, 1.807) is 48.5 Å². The number of benzene rings is 2. The highest BCUT2D eigenvalue weighted by Crippen LogP contribution is 2.14. The Hall–Kier alpha value is -2.29. The van der Waals surface area contributed by atoms with Crippen molar-refractivity contribution in [3.63, 3.8) is 0 Å². The van der Waals surface area contributed by atoms with Crippen LogP contribution in [0.1, 0.15) is 5.56 Å². The number of amidine groups is 1. The van der Waals surface area contributed by atoms with Gasteiger partial charge < -0.3 is 16.4 Å². The number of nitrogens with one attached hydrogen (secondary N) is 2. The fraction of sp³-hybridized carbons (Fsp3) is 0.176. The van der Waals surface area contributed by atoms with Gasteiger partial charge >= 0.3 is 6.03 Å². The van der Waals surface area contributed by atoms with Crippen molar-refractivity contribution in [2.75, 3.05) is 11.6 Å². The van der Waals surface area contributed by atoms with Crippen molar-refractivity contribution in [1.82, 2.24) is 5.32 Å². The van der Waals surface area contributed by atoms with Gasteiger partial charge in [-0.3, -0.25) is 0 Å². The molecule has 0 aromatic heterocycles. The van der Waals surface area contributed by atoms with E-state index in [2.05, 4.69) is 15.0 Å². The first-order chi connectivity index (χ1) is 12.6. The van der Waals surface area contributed by atoms with Gasteiger partial charge in [-0.05, 0) is 48.4 Å². The molecule has 10 heteroatoms. The Labute approximate surface area is 167 Å². The molecule has 0 unspecified atom stereocenters. The summed E-state index contributed by atoms with van der Waals surface area (Å²) in [5.41, 5.74) is 7.14. The molecular weight excluding hydrogens is 411 g/mol. The van der Waals surface area contributed by atoms with Crippen LogP contribution < -0.4 is 16.4 Å². The van der Waals surface area contributed by atoms with Gasteiger partial charge in [0.05, 0.1) is 12.3 Å². The zero-order chi connectivity index (χ0) is 20.0. The summed E-state index contributed by atoms with van der Waals surface area (Å²) in [5.74, 6) is -0.223. The van der Waals surface area contributed by atoms with Gasteiger partial charge in [0.1, 0.15) is 5.84 Å². The molecule has 0 aliphatic carbocycles. The van der Waals surface area contributed by atoms with Crippen LogP contribution in [0.5, 0.6) is 0 Å². The fourth-order valence-corrected chi connectivity index (χ4v) is 2.96. The molecule has 2 amide bonds. The third kappa shape index (κ3) is 7.46. The highest BCUT2D eigenvalue weighted by molar-refractivity contribution is 7.89. The summed E-state index contributed by atoms with van der Waals surface area (Å²) in [6.07, 6.45) is 1.16. The molecule has 2 aromatic rings. The minimum atomic E-state index is -3.71. The second-order valence-corrected chi connectivity index (χ2v) is 8.26. The van der Waals surface area contributed by atoms with Crippen LogP contribution in [0.3, 0.4) is 0 Å². The van der Waals surface area contributed by atoms with Gasteiger partial charge in [0, 0.05) is 15.7 Å². The Morgan fingerprint density at radius 1 is 1.07 bits per heavy atom. The summed E-state index contributed by atoms with van der Waals surface area (Å²) in [6.45, 7) is 0. The van der Waals surface area contributed by atoms with E-state index < -0.39 is 22.1 Å². The lowest BCUT2D eigenvalue weighted by Crippen LogP contribution is -2.47. The Morgan fingerprint density at radius 3 is 2.11 bits per heavy atom. The maximum absolute atomic E-state index is 12.3. The second kappa shape index (κ2) is 9.07. The molecular formula is C17H18Cl2N4O3S. The minimum absolute atomic E-state index is 0.223. The van der Waals surface area contributed by atoms with Gasteiger partial charge in [0.25, 0.3) is 10.0 Å². The predicted molar refractivity (Wildman–Crippen MR) is 109 cm³/mol. The van der Waals surface area contributed by atoms with Crippen LogP contribution in [-0.4, -0.2) is 32.6 Å². The summed E-state index contributed by atoms with van der Waals surface area (Å²) >= 11 is 11.7. The van der Waals surface area contributed by atoms with E-state index in [9.17, 15) is 13.2 Å². The zero-order valence-electron chi connectivity index (χ0n) is 14.3. The molecule has 0 radical (unpaired) electrons. The number of rotatable bonds is 6. The van der Waals surface area contributed by atoms with Gasteiger partial charge in [-0.2, -0.15) is 0 Å². The third-order valence-electron chi connectivity index (χ3n) is 3.39. The van der Waals surface area contributed by atoms with Crippen LogP contribution in [0.2, 0.25) is 10.0 Å². The number of nitrogens with two attached hydrogens (primary N) is 1. The lowest BCUT2D eigenvalue weighted by Gasteiger charge is -2.19. The number of nitrogens with zero attached hydrogens (tertiary/aromatic N) is 1. The van der Waals surface area contributed by atoms with Crippen molar-refractivity contribution in [2.24, 2.45) is 10.1 Å². The monoisotopic (exact) mass is 428 g/mol. The van der Waals surface area contributed by atoms with Crippen molar-refractivity contribution in [1.29, 1.82) is 0 Å². The Balaban J connectivity index is 2.17. The van der Waals surface area contributed by atoms with Crippen molar-refractivity contribution < 1.29 is 13.2 Å². The molecule has 144 valence electrons. The number of anilines is 1. The highest BCUT2D eigenvalue weighted by atomic mass is 35.5. The van der Waals surface area contributed by atoms with Crippen LogP contribution in [0, 0.1) is 0 Å². The quantitative estimate of drug-likeness (QED) is 0.484. The lowest BCUT2D eigenvalue weighted by atomic mass is 10.1. The van der Waals surface area contributed by atoms with Gasteiger partial charge in [-0.15, -0.1) is 4.40 Å². The van der Waals surface area contributed by atoms with Crippen LogP contribution >= 0.6 is 23.2 Å². The van der Waals surface area contributed by atoms with Crippen LogP contribution in [-0.2, 0) is 16.4 Å². The van der Waals surface area contributed by atoms with E-state index in [4.69, 9.17) is 28.9 Å². The van der Waals surface area contributed by atoms with Crippen LogP contribution in [0.25, 0.3) is 0 Å². The Kier molecular flexibility index (Phi) is 7.06. The van der Waals surface area contributed by atoms with Gasteiger partial charge in [0.2, 0.25) is 0 Å². The summed E-state index contributed by atoms with van der Waals surface area (Å²) in [6, 6.07) is 12.0. The zero-order valence-corrected chi connectivity index (χ0v) is 16.6. The number of carbonyl (C=O) groups is 1. The molecule has 4 N–H and O–H groups in total. The van der Waals surface area contributed by atoms with Crippen LogP contribution in [0.4, 0.5) is 10.5 Å². The SMILES string of the molecule is CS(=O)(=O)/N=C(\N)[C@H](Cc1ccc(Cl)cc1)NC(=O)Nc1ccc(Cl)cc1. The summed E-state index contributed by atoms with van der Waals surface area (Å²) in [7, 11) is -3.71. The molecule has 0 saturated carbocycles. The molecule has 1 atom stereocenters. The standard InChI is InChI=1S/C17H18Cl2N4O3S/c1-27(25,26)23-16(20)15(10-11-2-4-12(18)5-3-11)22-17(24)21-14-8-6-13(19)7-9-14/h2-9,15H,10H2,1H3,(H2,20,23)(H2,21,22,24)/t15-/m0/s1. The predicted octanol–water partition coefficient (Wildman–Crippen LogP) is 3.04. The average Bonchev–Trinajstić information content (AvgIpc) is 2.57. The normalized spacial score (nSPS) is 13.1. The van der Waals surface area contributed by atoms with E-state index in [0.717, 1.165) is 11.8 Å². The maximum atomic E-state index is 12.3. The summed E-state index contributed by atoms with van der Waals surface area (Å²) in [4.78, 5) is 12.3. The number of urea groups is 1. The first-order valence-corrected chi connectivity index (χ1v) is 10.4. The third-order valence-corrected chi connectivity index (χ3v) is 4.44. The first-order valence-electron chi connectivity index (χ1n) is 7.75. The molecule has 0 bridgehead atoms. The maximum Gasteiger partial charge on any atom is 0.319 e. The first kappa shape index (κ1) is 21.0. The minimum Gasteiger partial charge on any atom is -0.385 e. The molecule has 0 saturated heterocycles. The smallest absolute Gasteiger partial charge is 0.319 e. The van der Waals surface area contributed by atoms with E-state index in [0.29, 0.717) is 15.7 Å². The number of halogens is 2. The molecule has 0 aliphatic heterocycles. The van der Waals surface area contributed by atoms with E-state index >= 15 is 0 Å². The topological polar surface area (TPSA) is 114 Å². The van der Waals surface area contributed by atoms with E-state index in [1.165, 1.54) is 0 Å². The number of amides is 2. The molecule has 27 heavy (non-hydrogen) atoms. The molecule has 2 rings (SSSR count). The second-order valence-electron chi connectivity index (χ2n) is 5.74. The Bertz CT molecular complexity index is 930. The van der Waals surface area contributed by atoms with E-state index in [-0.39, 0.29) is 12.3 Å². The Morgan fingerprint density at radius 2 is 1.59 bits per heavy atom. The van der Waals surface area contributed by atoms with Crippen molar-refractivity contribution in [3.05, 3.63) is 64.1 Å². The average molecular weight is 429 g/mol. The van der Waals surface area contributed by atoms with Crippen molar-refractivity contribution in [2.45, 2.75) is 12.5 Å². The van der Waals surface area contributed by atoms with Crippen LogP contribution in [0.15, 0.2) is 52.9 Å². The summed E-state index contributed by atoms with van der Waals surface area (Å²) in [5, 5.41) is 6.34. The van der Waals surface area contributed by atoms with Gasteiger partial charge in [-0.1, -0.05) is 35.3 Å².